The zero-order valence-corrected chi connectivity index (χ0v) is 14.3. The predicted molar refractivity (Wildman–Crippen MR) is 83.8 cm³/mol. The summed E-state index contributed by atoms with van der Waals surface area (Å²) >= 11 is 0. The van der Waals surface area contributed by atoms with Crippen LogP contribution in [0.2, 0.25) is 0 Å². The number of Topliss-reactive ketones (excluding diaryl/α,β-unsaturated/α-hetero) is 2. The van der Waals surface area contributed by atoms with E-state index in [0.29, 0.717) is 5.56 Å². The molecule has 1 aromatic rings. The predicted octanol–water partition coefficient (Wildman–Crippen LogP) is 1.53. The fourth-order valence-electron chi connectivity index (χ4n) is 2.37. The van der Waals surface area contributed by atoms with Crippen LogP contribution in [0.3, 0.4) is 0 Å². The number of benzene rings is 1. The van der Waals surface area contributed by atoms with E-state index in [0.717, 1.165) is 13.4 Å². The summed E-state index contributed by atoms with van der Waals surface area (Å²) in [6.07, 6.45) is 1.21. The normalized spacial score (nSPS) is 13.9. The molecule has 7 heteroatoms. The van der Waals surface area contributed by atoms with Crippen LogP contribution in [0.5, 0.6) is 0 Å². The van der Waals surface area contributed by atoms with Gasteiger partial charge < -0.3 is 4.74 Å². The van der Waals surface area contributed by atoms with Gasteiger partial charge in [-0.15, -0.1) is 0 Å². The van der Waals surface area contributed by atoms with Crippen LogP contribution < -0.4 is 0 Å². The molecule has 0 saturated heterocycles. The lowest BCUT2D eigenvalue weighted by Gasteiger charge is -2.22. The number of ketones is 2. The van der Waals surface area contributed by atoms with Crippen molar-refractivity contribution in [3.8, 4) is 0 Å². The second-order valence-electron chi connectivity index (χ2n) is 5.25. The number of methoxy groups -OCH3 is 1. The van der Waals surface area contributed by atoms with Gasteiger partial charge in [-0.05, 0) is 24.6 Å². The van der Waals surface area contributed by atoms with Crippen molar-refractivity contribution in [2.45, 2.75) is 31.1 Å². The topological polar surface area (TPSA) is 94.6 Å². The lowest BCUT2D eigenvalue weighted by Crippen LogP contribution is -2.34. The van der Waals surface area contributed by atoms with Crippen molar-refractivity contribution < 1.29 is 27.5 Å². The van der Waals surface area contributed by atoms with Crippen LogP contribution in [0.15, 0.2) is 29.2 Å². The molecular formula is C16H20O6S. The van der Waals surface area contributed by atoms with Gasteiger partial charge in [-0.1, -0.05) is 19.1 Å². The van der Waals surface area contributed by atoms with E-state index >= 15 is 0 Å². The zero-order chi connectivity index (χ0) is 17.8. The minimum Gasteiger partial charge on any atom is -0.468 e. The highest BCUT2D eigenvalue weighted by Gasteiger charge is 2.38. The van der Waals surface area contributed by atoms with Crippen LogP contribution in [0.4, 0.5) is 0 Å². The monoisotopic (exact) mass is 340 g/mol. The number of esters is 1. The maximum Gasteiger partial charge on any atom is 0.317 e. The number of sulfone groups is 1. The number of hydrogen-bond donors (Lipinski definition) is 0. The van der Waals surface area contributed by atoms with Crippen molar-refractivity contribution in [3.63, 3.8) is 0 Å². The summed E-state index contributed by atoms with van der Waals surface area (Å²) in [6.45, 7) is 2.86. The van der Waals surface area contributed by atoms with Gasteiger partial charge in [-0.25, -0.2) is 8.42 Å². The van der Waals surface area contributed by atoms with Crippen molar-refractivity contribution >= 4 is 27.4 Å². The summed E-state index contributed by atoms with van der Waals surface area (Å²) in [5, 5.41) is 0. The molecule has 2 atom stereocenters. The number of carbonyl (C=O) groups excluding carboxylic acids is 3. The molecule has 0 aromatic heterocycles. The number of rotatable bonds is 7. The summed E-state index contributed by atoms with van der Waals surface area (Å²) in [5.41, 5.74) is 0.412. The van der Waals surface area contributed by atoms with Gasteiger partial charge in [0.05, 0.1) is 17.9 Å². The first kappa shape index (κ1) is 19.0. The third kappa shape index (κ3) is 4.48. The van der Waals surface area contributed by atoms with E-state index in [4.69, 9.17) is 0 Å². The molecule has 1 aromatic carbocycles. The molecule has 0 N–H and O–H groups in total. The smallest absolute Gasteiger partial charge is 0.317 e. The molecule has 0 radical (unpaired) electrons. The quantitative estimate of drug-likeness (QED) is 0.552. The molecule has 0 amide bonds. The standard InChI is InChI=1S/C16H20O6S/c1-5-13(18)15(14(10(2)17)16(19)22-3)11-6-8-12(9-7-11)23(4,20)21/h6-9,14-15H,5H2,1-4H3. The molecule has 126 valence electrons. The van der Waals surface area contributed by atoms with E-state index in [9.17, 15) is 22.8 Å². The van der Waals surface area contributed by atoms with E-state index < -0.39 is 33.4 Å². The third-order valence-electron chi connectivity index (χ3n) is 3.59. The first-order valence-electron chi connectivity index (χ1n) is 7.04. The summed E-state index contributed by atoms with van der Waals surface area (Å²) < 4.78 is 27.7. The van der Waals surface area contributed by atoms with Gasteiger partial charge in [0.25, 0.3) is 0 Å². The summed E-state index contributed by atoms with van der Waals surface area (Å²) in [6, 6.07) is 5.62. The van der Waals surface area contributed by atoms with E-state index in [-0.39, 0.29) is 17.1 Å². The Kier molecular flexibility index (Phi) is 6.20. The van der Waals surface area contributed by atoms with Gasteiger partial charge >= 0.3 is 5.97 Å². The van der Waals surface area contributed by atoms with E-state index in [1.54, 1.807) is 6.92 Å². The molecule has 1 rings (SSSR count). The molecule has 0 heterocycles. The van der Waals surface area contributed by atoms with Gasteiger partial charge in [0, 0.05) is 12.7 Å². The summed E-state index contributed by atoms with van der Waals surface area (Å²) in [5.74, 6) is -3.77. The third-order valence-corrected chi connectivity index (χ3v) is 4.72. The maximum absolute atomic E-state index is 12.3. The highest BCUT2D eigenvalue weighted by molar-refractivity contribution is 7.90. The van der Waals surface area contributed by atoms with Crippen LogP contribution >= 0.6 is 0 Å². The Morgan fingerprint density at radius 1 is 1.13 bits per heavy atom. The molecule has 0 aliphatic rings. The second-order valence-corrected chi connectivity index (χ2v) is 7.27. The SMILES string of the molecule is CCC(=O)C(c1ccc(S(C)(=O)=O)cc1)C(C(C)=O)C(=O)OC. The largest absolute Gasteiger partial charge is 0.468 e. The van der Waals surface area contributed by atoms with E-state index in [1.165, 1.54) is 31.2 Å². The molecular weight excluding hydrogens is 320 g/mol. The molecule has 0 bridgehead atoms. The Balaban J connectivity index is 3.39. The van der Waals surface area contributed by atoms with Crippen LogP contribution in [0, 0.1) is 5.92 Å². The average Bonchev–Trinajstić information content (AvgIpc) is 2.50. The lowest BCUT2D eigenvalue weighted by atomic mass is 9.80. The van der Waals surface area contributed by atoms with Crippen LogP contribution in [0.25, 0.3) is 0 Å². The van der Waals surface area contributed by atoms with Gasteiger partial charge in [0.2, 0.25) is 0 Å². The minimum absolute atomic E-state index is 0.0985. The highest BCUT2D eigenvalue weighted by atomic mass is 32.2. The van der Waals surface area contributed by atoms with Gasteiger partial charge in [0.1, 0.15) is 17.5 Å². The number of hydrogen-bond acceptors (Lipinski definition) is 6. The minimum atomic E-state index is -3.37. The average molecular weight is 340 g/mol. The van der Waals surface area contributed by atoms with Crippen LogP contribution in [0.1, 0.15) is 31.7 Å². The zero-order valence-electron chi connectivity index (χ0n) is 13.5. The van der Waals surface area contributed by atoms with Crippen molar-refractivity contribution in [1.82, 2.24) is 0 Å². The fraction of sp³-hybridized carbons (Fsp3) is 0.438. The van der Waals surface area contributed by atoms with Gasteiger partial charge in [-0.3, -0.25) is 14.4 Å². The Morgan fingerprint density at radius 2 is 1.65 bits per heavy atom. The van der Waals surface area contributed by atoms with Gasteiger partial charge in [0.15, 0.2) is 9.84 Å². The van der Waals surface area contributed by atoms with Gasteiger partial charge in [-0.2, -0.15) is 0 Å². The Hall–Kier alpha value is -2.02. The molecule has 23 heavy (non-hydrogen) atoms. The lowest BCUT2D eigenvalue weighted by molar-refractivity contribution is -0.151. The second kappa shape index (κ2) is 7.50. The Morgan fingerprint density at radius 3 is 2.00 bits per heavy atom. The van der Waals surface area contributed by atoms with Crippen molar-refractivity contribution in [1.29, 1.82) is 0 Å². The highest BCUT2D eigenvalue weighted by Crippen LogP contribution is 2.30. The van der Waals surface area contributed by atoms with Crippen LogP contribution in [-0.2, 0) is 29.0 Å². The van der Waals surface area contributed by atoms with E-state index in [1.807, 2.05) is 0 Å². The van der Waals surface area contributed by atoms with Crippen molar-refractivity contribution in [2.24, 2.45) is 5.92 Å². The molecule has 0 spiro atoms. The number of carbonyl (C=O) groups is 3. The molecule has 0 saturated carbocycles. The number of ether oxygens (including phenoxy) is 1. The fourth-order valence-corrected chi connectivity index (χ4v) is 3.00. The maximum atomic E-state index is 12.3. The van der Waals surface area contributed by atoms with Crippen molar-refractivity contribution in [3.05, 3.63) is 29.8 Å². The molecule has 2 unspecified atom stereocenters. The molecule has 6 nitrogen and oxygen atoms in total. The Bertz CT molecular complexity index is 703. The Labute approximate surface area is 135 Å². The molecule has 0 aliphatic carbocycles. The first-order chi connectivity index (χ1) is 10.6. The summed E-state index contributed by atoms with van der Waals surface area (Å²) in [4.78, 5) is 36.2. The first-order valence-corrected chi connectivity index (χ1v) is 8.93. The molecule has 0 fully saturated rings. The van der Waals surface area contributed by atoms with Crippen LogP contribution in [-0.4, -0.2) is 39.3 Å². The van der Waals surface area contributed by atoms with Crippen molar-refractivity contribution in [2.75, 3.05) is 13.4 Å². The van der Waals surface area contributed by atoms with E-state index in [2.05, 4.69) is 4.74 Å². The summed E-state index contributed by atoms with van der Waals surface area (Å²) in [7, 11) is -2.22. The molecule has 0 aliphatic heterocycles.